The maximum absolute atomic E-state index is 3.94. The Kier molecular flexibility index (Phi) is 13.3. The minimum Gasteiger partial charge on any atom is -0.314 e. The van der Waals surface area contributed by atoms with E-state index in [1.54, 1.807) is 0 Å². The van der Waals surface area contributed by atoms with Crippen LogP contribution in [0.2, 0.25) is 0 Å². The van der Waals surface area contributed by atoms with Gasteiger partial charge in [-0.05, 0) is 91.9 Å². The topological polar surface area (TPSA) is 12.0 Å². The summed E-state index contributed by atoms with van der Waals surface area (Å²) in [5.41, 5.74) is 0. The van der Waals surface area contributed by atoms with E-state index >= 15 is 0 Å². The molecule has 1 rings (SSSR count). The predicted molar refractivity (Wildman–Crippen MR) is 141 cm³/mol. The van der Waals surface area contributed by atoms with Gasteiger partial charge in [-0.2, -0.15) is 0 Å². The van der Waals surface area contributed by atoms with E-state index in [1.807, 2.05) is 0 Å². The summed E-state index contributed by atoms with van der Waals surface area (Å²) in [4.78, 5) is 0. The molecule has 31 heavy (non-hydrogen) atoms. The monoisotopic (exact) mass is 435 g/mol. The van der Waals surface area contributed by atoms with Crippen LogP contribution in [0.4, 0.5) is 0 Å². The Bertz CT molecular complexity index is 459. The third-order valence-corrected chi connectivity index (χ3v) is 9.96. The predicted octanol–water partition coefficient (Wildman–Crippen LogP) is 9.07. The molecule has 0 spiro atoms. The minimum atomic E-state index is 0.658. The van der Waals surface area contributed by atoms with Crippen molar-refractivity contribution >= 4 is 0 Å². The van der Waals surface area contributed by atoms with Gasteiger partial charge in [0.05, 0.1) is 0 Å². The van der Waals surface area contributed by atoms with Crippen molar-refractivity contribution in [2.45, 2.75) is 127 Å². The van der Waals surface area contributed by atoms with Gasteiger partial charge in [-0.1, -0.05) is 94.9 Å². The number of nitrogens with one attached hydrogen (secondary N) is 1. The zero-order chi connectivity index (χ0) is 23.7. The lowest BCUT2D eigenvalue weighted by molar-refractivity contribution is 0.0489. The van der Waals surface area contributed by atoms with E-state index in [0.717, 1.165) is 59.2 Å². The van der Waals surface area contributed by atoms with E-state index in [4.69, 9.17) is 0 Å². The Hall–Kier alpha value is -0.0400. The normalized spacial score (nSPS) is 31.5. The van der Waals surface area contributed by atoms with Crippen molar-refractivity contribution in [2.24, 2.45) is 59.2 Å². The van der Waals surface area contributed by atoms with E-state index in [2.05, 4.69) is 81.5 Å². The molecule has 1 saturated heterocycles. The van der Waals surface area contributed by atoms with Gasteiger partial charge in [0.1, 0.15) is 0 Å². The third-order valence-electron chi connectivity index (χ3n) is 9.96. The Balaban J connectivity index is 2.67. The van der Waals surface area contributed by atoms with Gasteiger partial charge in [-0.3, -0.25) is 0 Å². The van der Waals surface area contributed by atoms with Crippen LogP contribution in [0.3, 0.4) is 0 Å². The van der Waals surface area contributed by atoms with Crippen LogP contribution in [-0.2, 0) is 0 Å². The smallest absolute Gasteiger partial charge is 0.00724 e. The highest BCUT2D eigenvalue weighted by Crippen LogP contribution is 2.42. The molecule has 11 unspecified atom stereocenters. The second-order valence-electron chi connectivity index (χ2n) is 12.5. The van der Waals surface area contributed by atoms with Crippen molar-refractivity contribution < 1.29 is 0 Å². The molecule has 1 fully saturated rings. The lowest BCUT2D eigenvalue weighted by atomic mass is 9.63. The molecule has 0 bridgehead atoms. The van der Waals surface area contributed by atoms with Crippen LogP contribution in [0, 0.1) is 59.2 Å². The molecule has 0 aromatic carbocycles. The summed E-state index contributed by atoms with van der Waals surface area (Å²) >= 11 is 0. The Labute approximate surface area is 198 Å². The van der Waals surface area contributed by atoms with Gasteiger partial charge < -0.3 is 5.32 Å². The van der Waals surface area contributed by atoms with Crippen molar-refractivity contribution in [1.29, 1.82) is 0 Å². The first-order chi connectivity index (χ1) is 14.5. The molecule has 0 amide bonds. The minimum absolute atomic E-state index is 0.658. The van der Waals surface area contributed by atoms with E-state index < -0.39 is 0 Å². The third kappa shape index (κ3) is 9.02. The van der Waals surface area contributed by atoms with E-state index in [9.17, 15) is 0 Å². The maximum Gasteiger partial charge on any atom is 0.00724 e. The molecule has 0 aromatic heterocycles. The summed E-state index contributed by atoms with van der Waals surface area (Å²) < 4.78 is 0. The Morgan fingerprint density at radius 1 is 0.774 bits per heavy atom. The summed E-state index contributed by atoms with van der Waals surface area (Å²) in [6, 6.07) is 0.658. The SMILES string of the molecule is CCCC(C)CC(C)C(C)C(C)C1C(C)NCC(CCC(C)C(C)CC(C)CC)C1C. The summed E-state index contributed by atoms with van der Waals surface area (Å²) in [6.45, 7) is 28.5. The van der Waals surface area contributed by atoms with E-state index in [0.29, 0.717) is 6.04 Å². The molecule has 0 saturated carbocycles. The van der Waals surface area contributed by atoms with Crippen LogP contribution >= 0.6 is 0 Å². The molecule has 1 aliphatic rings. The first kappa shape index (κ1) is 29.0. The van der Waals surface area contributed by atoms with Crippen LogP contribution in [0.15, 0.2) is 0 Å². The number of hydrogen-bond acceptors (Lipinski definition) is 1. The van der Waals surface area contributed by atoms with Gasteiger partial charge in [-0.15, -0.1) is 0 Å². The molecule has 1 N–H and O–H groups in total. The lowest BCUT2D eigenvalue weighted by Gasteiger charge is -2.47. The van der Waals surface area contributed by atoms with Crippen molar-refractivity contribution in [3.63, 3.8) is 0 Å². The molecule has 1 heterocycles. The first-order valence-electron chi connectivity index (χ1n) is 14.3. The van der Waals surface area contributed by atoms with Gasteiger partial charge in [0.15, 0.2) is 0 Å². The fraction of sp³-hybridized carbons (Fsp3) is 1.00. The zero-order valence-electron chi connectivity index (χ0n) is 23.5. The zero-order valence-corrected chi connectivity index (χ0v) is 23.5. The van der Waals surface area contributed by atoms with Crippen molar-refractivity contribution in [2.75, 3.05) is 6.54 Å². The van der Waals surface area contributed by atoms with Crippen LogP contribution in [0.25, 0.3) is 0 Å². The van der Waals surface area contributed by atoms with Gasteiger partial charge in [-0.25, -0.2) is 0 Å². The van der Waals surface area contributed by atoms with E-state index in [1.165, 1.54) is 51.5 Å². The van der Waals surface area contributed by atoms with Gasteiger partial charge in [0.2, 0.25) is 0 Å². The molecule has 11 atom stereocenters. The average molecular weight is 436 g/mol. The number of rotatable bonds is 14. The Morgan fingerprint density at radius 3 is 1.97 bits per heavy atom. The molecule has 0 aromatic rings. The second-order valence-corrected chi connectivity index (χ2v) is 12.5. The summed E-state index contributed by atoms with van der Waals surface area (Å²) in [6.07, 6.45) is 9.66. The number of piperidine rings is 1. The van der Waals surface area contributed by atoms with Gasteiger partial charge in [0, 0.05) is 6.04 Å². The van der Waals surface area contributed by atoms with Crippen LogP contribution in [0.1, 0.15) is 121 Å². The highest BCUT2D eigenvalue weighted by atomic mass is 14.9. The van der Waals surface area contributed by atoms with Gasteiger partial charge >= 0.3 is 0 Å². The van der Waals surface area contributed by atoms with Gasteiger partial charge in [0.25, 0.3) is 0 Å². The summed E-state index contributed by atoms with van der Waals surface area (Å²) in [7, 11) is 0. The van der Waals surface area contributed by atoms with Crippen molar-refractivity contribution in [3.8, 4) is 0 Å². The molecule has 1 heteroatoms. The molecular weight excluding hydrogens is 374 g/mol. The molecular formula is C30H61N. The van der Waals surface area contributed by atoms with Crippen LogP contribution < -0.4 is 5.32 Å². The highest BCUT2D eigenvalue weighted by Gasteiger charge is 2.40. The molecule has 1 aliphatic heterocycles. The van der Waals surface area contributed by atoms with Crippen molar-refractivity contribution in [3.05, 3.63) is 0 Å². The molecule has 186 valence electrons. The largest absolute Gasteiger partial charge is 0.314 e. The standard InChI is InChI=1S/C30H61N/c1-12-14-21(4)18-24(7)25(8)26(9)30-27(10)29(19-31-28(30)11)16-15-22(5)23(6)17-20(3)13-2/h20-31H,12-19H2,1-11H3. The quantitative estimate of drug-likeness (QED) is 0.287. The summed E-state index contributed by atoms with van der Waals surface area (Å²) in [5, 5.41) is 3.94. The lowest BCUT2D eigenvalue weighted by Crippen LogP contribution is -2.52. The maximum atomic E-state index is 3.94. The first-order valence-corrected chi connectivity index (χ1v) is 14.3. The Morgan fingerprint density at radius 2 is 1.39 bits per heavy atom. The van der Waals surface area contributed by atoms with E-state index in [-0.39, 0.29) is 0 Å². The molecule has 1 nitrogen and oxygen atoms in total. The molecule has 0 aliphatic carbocycles. The fourth-order valence-corrected chi connectivity index (χ4v) is 6.85. The second kappa shape index (κ2) is 14.3. The summed E-state index contributed by atoms with van der Waals surface area (Å²) in [5.74, 6) is 8.41. The van der Waals surface area contributed by atoms with Crippen LogP contribution in [-0.4, -0.2) is 12.6 Å². The van der Waals surface area contributed by atoms with Crippen molar-refractivity contribution in [1.82, 2.24) is 5.32 Å². The highest BCUT2D eigenvalue weighted by molar-refractivity contribution is 4.92. The number of hydrogen-bond donors (Lipinski definition) is 1. The average Bonchev–Trinajstić information content (AvgIpc) is 2.72. The van der Waals surface area contributed by atoms with Crippen LogP contribution in [0.5, 0.6) is 0 Å². The fourth-order valence-electron chi connectivity index (χ4n) is 6.85. The molecule has 0 radical (unpaired) electrons.